The molecule has 3 rings (SSSR count). The highest BCUT2D eigenvalue weighted by Gasteiger charge is 2.18. The average molecular weight is 566 g/mol. The first-order chi connectivity index (χ1) is 20.4. The van der Waals surface area contributed by atoms with E-state index in [-0.39, 0.29) is 5.82 Å². The molecule has 220 valence electrons. The first kappa shape index (κ1) is 32.3. The van der Waals surface area contributed by atoms with Crippen LogP contribution in [0.25, 0.3) is 0 Å². The van der Waals surface area contributed by atoms with Gasteiger partial charge in [-0.25, -0.2) is 4.39 Å². The molecule has 3 aromatic carbocycles. The molecule has 0 saturated heterocycles. The fourth-order valence-corrected chi connectivity index (χ4v) is 4.56. The third kappa shape index (κ3) is 11.0. The van der Waals surface area contributed by atoms with E-state index in [9.17, 15) is 4.39 Å². The second kappa shape index (κ2) is 17.6. The Morgan fingerprint density at radius 1 is 0.952 bits per heavy atom. The number of para-hydroxylation sites is 2. The fourth-order valence-electron chi connectivity index (χ4n) is 4.56. The van der Waals surface area contributed by atoms with Crippen molar-refractivity contribution in [2.45, 2.75) is 52.5 Å². The van der Waals surface area contributed by atoms with Crippen LogP contribution in [0.4, 0.5) is 10.1 Å². The van der Waals surface area contributed by atoms with Crippen molar-refractivity contribution in [3.05, 3.63) is 138 Å². The van der Waals surface area contributed by atoms with E-state index in [1.807, 2.05) is 66.4 Å². The van der Waals surface area contributed by atoms with Gasteiger partial charge in [-0.05, 0) is 87.5 Å². The van der Waals surface area contributed by atoms with Crippen molar-refractivity contribution in [1.29, 1.82) is 5.41 Å². The molecule has 0 amide bonds. The van der Waals surface area contributed by atoms with Gasteiger partial charge in [-0.15, -0.1) is 0 Å². The Bertz CT molecular complexity index is 1340. The van der Waals surface area contributed by atoms with Crippen molar-refractivity contribution < 1.29 is 9.13 Å². The number of anilines is 1. The minimum atomic E-state index is -0.296. The quantitative estimate of drug-likeness (QED) is 0.0563. The maximum atomic E-state index is 15.0. The number of amidine groups is 1. The monoisotopic (exact) mass is 565 g/mol. The summed E-state index contributed by atoms with van der Waals surface area (Å²) in [6, 6.07) is 22.9. The molecule has 0 radical (unpaired) electrons. The zero-order chi connectivity index (χ0) is 30.2. The van der Waals surface area contributed by atoms with Crippen molar-refractivity contribution in [3.63, 3.8) is 0 Å². The van der Waals surface area contributed by atoms with E-state index in [0.29, 0.717) is 30.9 Å². The summed E-state index contributed by atoms with van der Waals surface area (Å²) in [6.07, 6.45) is 11.7. The van der Waals surface area contributed by atoms with E-state index in [0.717, 1.165) is 60.6 Å². The normalized spacial score (nSPS) is 11.5. The number of hydrogen-bond acceptors (Lipinski definition) is 3. The maximum absolute atomic E-state index is 15.0. The standard InChI is InChI=1S/C37H44FN3O/c1-5-13-29(2)14-9-10-15-30(3)20-25-36(39)41(37-31(4)16-11-19-35(37)38)27-12-26-40-28-32-21-23-34(24-22-32)42-33-17-7-6-8-18-33/h5-11,13,16-19,21-24,39-40H,1,3,12,14-15,20,25-28H2,2,4H3/b10-9-,29-13-,39-36?. The van der Waals surface area contributed by atoms with Crippen molar-refractivity contribution >= 4 is 11.5 Å². The molecule has 0 aromatic heterocycles. The summed E-state index contributed by atoms with van der Waals surface area (Å²) < 4.78 is 20.8. The number of ether oxygens (including phenoxy) is 1. The third-order valence-electron chi connectivity index (χ3n) is 6.88. The van der Waals surface area contributed by atoms with Gasteiger partial charge in [0.25, 0.3) is 0 Å². The van der Waals surface area contributed by atoms with Crippen LogP contribution in [0.1, 0.15) is 50.2 Å². The molecule has 42 heavy (non-hydrogen) atoms. The van der Waals surface area contributed by atoms with Crippen molar-refractivity contribution in [2.24, 2.45) is 0 Å². The summed E-state index contributed by atoms with van der Waals surface area (Å²) in [5.74, 6) is 1.73. The van der Waals surface area contributed by atoms with E-state index in [1.165, 1.54) is 11.6 Å². The van der Waals surface area contributed by atoms with Gasteiger partial charge in [0.1, 0.15) is 23.2 Å². The van der Waals surface area contributed by atoms with Crippen LogP contribution in [0, 0.1) is 18.2 Å². The van der Waals surface area contributed by atoms with Gasteiger partial charge in [0.2, 0.25) is 0 Å². The Morgan fingerprint density at radius 3 is 2.38 bits per heavy atom. The molecule has 3 aromatic rings. The molecule has 0 aliphatic rings. The van der Waals surface area contributed by atoms with Gasteiger partial charge in [0, 0.05) is 19.5 Å². The first-order valence-corrected chi connectivity index (χ1v) is 14.6. The lowest BCUT2D eigenvalue weighted by atomic mass is 10.1. The van der Waals surface area contributed by atoms with Crippen LogP contribution in [-0.2, 0) is 6.54 Å². The molecule has 0 aliphatic carbocycles. The minimum Gasteiger partial charge on any atom is -0.457 e. The SMILES string of the molecule is C=C/C=C(/C)C/C=C\CC(=C)CCC(=N)N(CCCNCc1ccc(Oc2ccccc2)cc1)c1c(C)cccc1F. The van der Waals surface area contributed by atoms with E-state index >= 15 is 0 Å². The highest BCUT2D eigenvalue weighted by Crippen LogP contribution is 2.26. The molecule has 0 bridgehead atoms. The lowest BCUT2D eigenvalue weighted by Gasteiger charge is -2.28. The van der Waals surface area contributed by atoms with E-state index in [4.69, 9.17) is 10.1 Å². The summed E-state index contributed by atoms with van der Waals surface area (Å²) in [6.45, 7) is 13.9. The average Bonchev–Trinajstić information content (AvgIpc) is 2.98. The Hall–Kier alpha value is -4.22. The Morgan fingerprint density at radius 2 is 1.67 bits per heavy atom. The van der Waals surface area contributed by atoms with Crippen LogP contribution in [0.15, 0.2) is 121 Å². The third-order valence-corrected chi connectivity index (χ3v) is 6.88. The highest BCUT2D eigenvalue weighted by atomic mass is 19.1. The van der Waals surface area contributed by atoms with Crippen molar-refractivity contribution in [3.8, 4) is 11.5 Å². The van der Waals surface area contributed by atoms with Crippen molar-refractivity contribution in [2.75, 3.05) is 18.0 Å². The molecule has 2 N–H and O–H groups in total. The van der Waals surface area contributed by atoms with Gasteiger partial charge in [0.05, 0.1) is 5.69 Å². The number of hydrogen-bond donors (Lipinski definition) is 2. The summed E-state index contributed by atoms with van der Waals surface area (Å²) in [5.41, 5.74) is 4.80. The molecule has 0 fully saturated rings. The summed E-state index contributed by atoms with van der Waals surface area (Å²) in [7, 11) is 0. The predicted molar refractivity (Wildman–Crippen MR) is 176 cm³/mol. The lowest BCUT2D eigenvalue weighted by molar-refractivity contribution is 0.482. The summed E-state index contributed by atoms with van der Waals surface area (Å²) in [5, 5.41) is 12.3. The second-order valence-corrected chi connectivity index (χ2v) is 10.5. The number of halogens is 1. The van der Waals surface area contributed by atoms with Gasteiger partial charge < -0.3 is 15.0 Å². The molecular weight excluding hydrogens is 521 g/mol. The largest absolute Gasteiger partial charge is 0.457 e. The molecular formula is C37H44FN3O. The fraction of sp³-hybridized carbons (Fsp3) is 0.270. The van der Waals surface area contributed by atoms with E-state index in [1.54, 1.807) is 12.1 Å². The predicted octanol–water partition coefficient (Wildman–Crippen LogP) is 9.70. The molecule has 0 aliphatic heterocycles. The Kier molecular flexibility index (Phi) is 13.5. The number of aryl methyl sites for hydroxylation is 1. The van der Waals surface area contributed by atoms with Crippen LogP contribution in [0.5, 0.6) is 11.5 Å². The number of benzene rings is 3. The van der Waals surface area contributed by atoms with E-state index < -0.39 is 0 Å². The van der Waals surface area contributed by atoms with Crippen LogP contribution < -0.4 is 15.0 Å². The smallest absolute Gasteiger partial charge is 0.147 e. The Labute approximate surface area is 251 Å². The van der Waals surface area contributed by atoms with Gasteiger partial charge in [-0.2, -0.15) is 0 Å². The molecule has 0 heterocycles. The van der Waals surface area contributed by atoms with Crippen LogP contribution in [0.3, 0.4) is 0 Å². The van der Waals surface area contributed by atoms with Gasteiger partial charge in [-0.3, -0.25) is 5.41 Å². The van der Waals surface area contributed by atoms with Crippen LogP contribution >= 0.6 is 0 Å². The molecule has 0 saturated carbocycles. The van der Waals surface area contributed by atoms with Gasteiger partial charge >= 0.3 is 0 Å². The summed E-state index contributed by atoms with van der Waals surface area (Å²) in [4.78, 5) is 1.83. The zero-order valence-corrected chi connectivity index (χ0v) is 25.0. The van der Waals surface area contributed by atoms with Crippen LogP contribution in [-0.4, -0.2) is 18.9 Å². The number of nitrogens with one attached hydrogen (secondary N) is 2. The molecule has 0 spiro atoms. The van der Waals surface area contributed by atoms with Crippen molar-refractivity contribution in [1.82, 2.24) is 5.32 Å². The number of nitrogens with zero attached hydrogens (tertiary/aromatic N) is 1. The van der Waals surface area contributed by atoms with E-state index in [2.05, 4.69) is 49.7 Å². The highest BCUT2D eigenvalue weighted by molar-refractivity contribution is 5.96. The molecule has 0 unspecified atom stereocenters. The maximum Gasteiger partial charge on any atom is 0.147 e. The summed E-state index contributed by atoms with van der Waals surface area (Å²) >= 11 is 0. The zero-order valence-electron chi connectivity index (χ0n) is 25.0. The number of allylic oxidation sites excluding steroid dienone is 6. The lowest BCUT2D eigenvalue weighted by Crippen LogP contribution is -2.34. The second-order valence-electron chi connectivity index (χ2n) is 10.5. The van der Waals surface area contributed by atoms with Gasteiger partial charge in [-0.1, -0.05) is 91.1 Å². The minimum absolute atomic E-state index is 0.296. The molecule has 0 atom stereocenters. The molecule has 5 heteroatoms. The Balaban J connectivity index is 1.49. The van der Waals surface area contributed by atoms with Gasteiger partial charge in [0.15, 0.2) is 0 Å². The topological polar surface area (TPSA) is 48.4 Å². The molecule has 4 nitrogen and oxygen atoms in total. The van der Waals surface area contributed by atoms with Crippen LogP contribution in [0.2, 0.25) is 0 Å². The number of rotatable bonds is 17. The first-order valence-electron chi connectivity index (χ1n) is 14.6.